The minimum Gasteiger partial charge on any atom is -0.381 e. The van der Waals surface area contributed by atoms with Gasteiger partial charge in [-0.25, -0.2) is 0 Å². The lowest BCUT2D eigenvalue weighted by atomic mass is 9.88. The summed E-state index contributed by atoms with van der Waals surface area (Å²) in [5.41, 5.74) is 5.66. The average Bonchev–Trinajstić information content (AvgIpc) is 2.56. The van der Waals surface area contributed by atoms with Crippen molar-refractivity contribution in [3.8, 4) is 0 Å². The molecule has 1 amide bonds. The summed E-state index contributed by atoms with van der Waals surface area (Å²) in [7, 11) is 0. The van der Waals surface area contributed by atoms with Crippen molar-refractivity contribution in [1.29, 1.82) is 0 Å². The molecule has 0 spiro atoms. The fourth-order valence-corrected chi connectivity index (χ4v) is 3.98. The van der Waals surface area contributed by atoms with Gasteiger partial charge < -0.3 is 20.3 Å². The highest BCUT2D eigenvalue weighted by atomic mass is 16.5. The quantitative estimate of drug-likeness (QED) is 0.825. The molecule has 3 saturated heterocycles. The van der Waals surface area contributed by atoms with E-state index in [9.17, 15) is 4.79 Å². The molecule has 0 atom stereocenters. The molecule has 0 aromatic heterocycles. The lowest BCUT2D eigenvalue weighted by Crippen LogP contribution is -2.60. The van der Waals surface area contributed by atoms with Crippen LogP contribution in [0.15, 0.2) is 0 Å². The van der Waals surface area contributed by atoms with Crippen LogP contribution in [0.2, 0.25) is 0 Å². The van der Waals surface area contributed by atoms with Crippen molar-refractivity contribution in [2.45, 2.75) is 56.5 Å². The number of ether oxygens (including phenoxy) is 1. The molecule has 0 unspecified atom stereocenters. The van der Waals surface area contributed by atoms with Crippen molar-refractivity contribution in [3.05, 3.63) is 0 Å². The first-order valence-corrected chi connectivity index (χ1v) is 8.59. The third kappa shape index (κ3) is 3.41. The van der Waals surface area contributed by atoms with Crippen molar-refractivity contribution in [2.24, 2.45) is 5.73 Å². The van der Waals surface area contributed by atoms with E-state index in [4.69, 9.17) is 10.5 Å². The van der Waals surface area contributed by atoms with E-state index in [2.05, 4.69) is 4.90 Å². The Morgan fingerprint density at radius 1 is 1.00 bits per heavy atom. The van der Waals surface area contributed by atoms with E-state index >= 15 is 0 Å². The second-order valence-electron chi connectivity index (χ2n) is 6.89. The Bertz CT molecular complexity index is 355. The predicted molar refractivity (Wildman–Crippen MR) is 82.0 cm³/mol. The standard InChI is InChI=1S/C16H29N3O2/c17-16(6-12-21-13-7-16)15(20)19-10-4-14(5-11-19)18-8-2-1-3-9-18/h14H,1-13,17H2. The number of carbonyl (C=O) groups is 1. The molecule has 0 bridgehead atoms. The van der Waals surface area contributed by atoms with Crippen LogP contribution in [0.25, 0.3) is 0 Å². The number of carbonyl (C=O) groups excluding carboxylic acids is 1. The van der Waals surface area contributed by atoms with Crippen LogP contribution in [0.3, 0.4) is 0 Å². The van der Waals surface area contributed by atoms with Crippen LogP contribution in [0, 0.1) is 0 Å². The Kier molecular flexibility index (Phi) is 4.82. The van der Waals surface area contributed by atoms with Gasteiger partial charge in [0.25, 0.3) is 0 Å². The molecule has 0 radical (unpaired) electrons. The van der Waals surface area contributed by atoms with Crippen molar-refractivity contribution in [1.82, 2.24) is 9.80 Å². The van der Waals surface area contributed by atoms with Crippen molar-refractivity contribution in [3.63, 3.8) is 0 Å². The fraction of sp³-hybridized carbons (Fsp3) is 0.938. The Morgan fingerprint density at radius 2 is 1.62 bits per heavy atom. The molecule has 5 nitrogen and oxygen atoms in total. The van der Waals surface area contributed by atoms with Gasteiger partial charge in [0.15, 0.2) is 0 Å². The molecule has 2 N–H and O–H groups in total. The lowest BCUT2D eigenvalue weighted by molar-refractivity contribution is -0.142. The van der Waals surface area contributed by atoms with Gasteiger partial charge >= 0.3 is 0 Å². The van der Waals surface area contributed by atoms with Gasteiger partial charge in [0.05, 0.1) is 5.54 Å². The van der Waals surface area contributed by atoms with Gasteiger partial charge in [0.1, 0.15) is 0 Å². The second kappa shape index (κ2) is 6.63. The van der Waals surface area contributed by atoms with Gasteiger partial charge in [-0.15, -0.1) is 0 Å². The SMILES string of the molecule is NC1(C(=O)N2CCC(N3CCCCC3)CC2)CCOCC1. The maximum Gasteiger partial charge on any atom is 0.242 e. The van der Waals surface area contributed by atoms with Crippen LogP contribution < -0.4 is 5.73 Å². The third-order valence-electron chi connectivity index (χ3n) is 5.47. The molecule has 3 aliphatic rings. The predicted octanol–water partition coefficient (Wildman–Crippen LogP) is 0.971. The number of hydrogen-bond acceptors (Lipinski definition) is 4. The number of rotatable bonds is 2. The van der Waals surface area contributed by atoms with Crippen LogP contribution in [0.4, 0.5) is 0 Å². The van der Waals surface area contributed by atoms with Gasteiger partial charge in [-0.2, -0.15) is 0 Å². The first-order valence-electron chi connectivity index (χ1n) is 8.59. The van der Waals surface area contributed by atoms with Crippen LogP contribution in [-0.4, -0.2) is 66.7 Å². The van der Waals surface area contributed by atoms with Gasteiger partial charge in [-0.1, -0.05) is 6.42 Å². The zero-order chi connectivity index (χ0) is 14.7. The molecule has 3 rings (SSSR count). The summed E-state index contributed by atoms with van der Waals surface area (Å²) in [6.07, 6.45) is 7.61. The molecule has 120 valence electrons. The Balaban J connectivity index is 1.51. The van der Waals surface area contributed by atoms with E-state index in [0.29, 0.717) is 32.1 Å². The molecule has 5 heteroatoms. The highest BCUT2D eigenvalue weighted by molar-refractivity contribution is 5.86. The van der Waals surface area contributed by atoms with Crippen LogP contribution in [-0.2, 0) is 9.53 Å². The largest absolute Gasteiger partial charge is 0.381 e. The van der Waals surface area contributed by atoms with E-state index in [0.717, 1.165) is 25.9 Å². The van der Waals surface area contributed by atoms with Crippen molar-refractivity contribution < 1.29 is 9.53 Å². The Labute approximate surface area is 127 Å². The Morgan fingerprint density at radius 3 is 2.24 bits per heavy atom. The number of nitrogens with zero attached hydrogens (tertiary/aromatic N) is 2. The summed E-state index contributed by atoms with van der Waals surface area (Å²) in [5, 5.41) is 0. The van der Waals surface area contributed by atoms with Gasteiger partial charge in [-0.05, 0) is 51.6 Å². The first kappa shape index (κ1) is 15.3. The van der Waals surface area contributed by atoms with Crippen LogP contribution in [0.1, 0.15) is 44.9 Å². The van der Waals surface area contributed by atoms with Crippen molar-refractivity contribution in [2.75, 3.05) is 39.4 Å². The second-order valence-corrected chi connectivity index (χ2v) is 6.89. The number of hydrogen-bond donors (Lipinski definition) is 1. The smallest absolute Gasteiger partial charge is 0.242 e. The summed E-state index contributed by atoms with van der Waals surface area (Å²) in [6.45, 7) is 5.48. The summed E-state index contributed by atoms with van der Waals surface area (Å²) in [6, 6.07) is 0.678. The zero-order valence-corrected chi connectivity index (χ0v) is 13.1. The van der Waals surface area contributed by atoms with E-state index < -0.39 is 5.54 Å². The molecular formula is C16H29N3O2. The molecule has 0 saturated carbocycles. The minimum atomic E-state index is -0.670. The summed E-state index contributed by atoms with van der Waals surface area (Å²) >= 11 is 0. The highest BCUT2D eigenvalue weighted by Crippen LogP contribution is 2.25. The Hall–Kier alpha value is -0.650. The third-order valence-corrected chi connectivity index (χ3v) is 5.47. The van der Waals surface area contributed by atoms with Crippen molar-refractivity contribution >= 4 is 5.91 Å². The van der Waals surface area contributed by atoms with Gasteiger partial charge in [0, 0.05) is 32.3 Å². The molecule has 21 heavy (non-hydrogen) atoms. The van der Waals surface area contributed by atoms with Crippen LogP contribution in [0.5, 0.6) is 0 Å². The fourth-order valence-electron chi connectivity index (χ4n) is 3.98. The number of amides is 1. The summed E-state index contributed by atoms with van der Waals surface area (Å²) in [5.74, 6) is 0.155. The average molecular weight is 295 g/mol. The topological polar surface area (TPSA) is 58.8 Å². The van der Waals surface area contributed by atoms with E-state index in [-0.39, 0.29) is 5.91 Å². The molecule has 3 heterocycles. The first-order chi connectivity index (χ1) is 10.2. The molecule has 0 aromatic carbocycles. The minimum absolute atomic E-state index is 0.155. The summed E-state index contributed by atoms with van der Waals surface area (Å²) < 4.78 is 5.34. The normalized spacial score (nSPS) is 28.5. The van der Waals surface area contributed by atoms with Crippen LogP contribution >= 0.6 is 0 Å². The molecular weight excluding hydrogens is 266 g/mol. The highest BCUT2D eigenvalue weighted by Gasteiger charge is 2.40. The molecule has 3 fully saturated rings. The van der Waals surface area contributed by atoms with E-state index in [1.54, 1.807) is 0 Å². The number of piperidine rings is 2. The van der Waals surface area contributed by atoms with Gasteiger partial charge in [0.2, 0.25) is 5.91 Å². The summed E-state index contributed by atoms with van der Waals surface area (Å²) in [4.78, 5) is 17.3. The maximum absolute atomic E-state index is 12.7. The van der Waals surface area contributed by atoms with E-state index in [1.807, 2.05) is 4.90 Å². The van der Waals surface area contributed by atoms with Gasteiger partial charge in [-0.3, -0.25) is 4.79 Å². The maximum atomic E-state index is 12.7. The lowest BCUT2D eigenvalue weighted by Gasteiger charge is -2.43. The molecule has 0 aromatic rings. The molecule has 3 aliphatic heterocycles. The number of likely N-dealkylation sites (tertiary alicyclic amines) is 2. The molecule has 0 aliphatic carbocycles. The monoisotopic (exact) mass is 295 g/mol. The zero-order valence-electron chi connectivity index (χ0n) is 13.1. The number of nitrogens with two attached hydrogens (primary N) is 1. The van der Waals surface area contributed by atoms with E-state index in [1.165, 1.54) is 32.4 Å².